The van der Waals surface area contributed by atoms with Gasteiger partial charge in [0.25, 0.3) is 5.91 Å². The Hall–Kier alpha value is -2.90. The summed E-state index contributed by atoms with van der Waals surface area (Å²) >= 11 is 0. The van der Waals surface area contributed by atoms with Gasteiger partial charge in [0.05, 0.1) is 0 Å². The molecule has 140 valence electrons. The molecule has 0 bridgehead atoms. The van der Waals surface area contributed by atoms with Crippen LogP contribution >= 0.6 is 7.14 Å². The Balaban J connectivity index is 1.76. The first-order valence-corrected chi connectivity index (χ1v) is 11.8. The Morgan fingerprint density at radius 1 is 0.893 bits per heavy atom. The fourth-order valence-electron chi connectivity index (χ4n) is 3.61. The summed E-state index contributed by atoms with van der Waals surface area (Å²) in [5.74, 6) is -0.112. The van der Waals surface area contributed by atoms with Gasteiger partial charge >= 0.3 is 0 Å². The molecule has 3 nitrogen and oxygen atoms in total. The summed E-state index contributed by atoms with van der Waals surface area (Å²) in [5, 5.41) is 3.83. The van der Waals surface area contributed by atoms with Crippen molar-refractivity contribution < 1.29 is 9.36 Å². The quantitative estimate of drug-likeness (QED) is 0.483. The van der Waals surface area contributed by atoms with Crippen molar-refractivity contribution in [1.82, 2.24) is 0 Å². The average Bonchev–Trinajstić information content (AvgIpc) is 2.97. The molecule has 4 heteroatoms. The number of nitrogens with one attached hydrogen (secondary N) is 1. The maximum atomic E-state index is 12.6. The van der Waals surface area contributed by atoms with E-state index >= 15 is 0 Å². The third-order valence-corrected chi connectivity index (χ3v) is 6.68. The highest BCUT2D eigenvalue weighted by atomic mass is 31.2. The molecule has 28 heavy (non-hydrogen) atoms. The Bertz CT molecular complexity index is 1160. The van der Waals surface area contributed by atoms with Gasteiger partial charge in [-0.15, -0.1) is 0 Å². The maximum absolute atomic E-state index is 12.6. The van der Waals surface area contributed by atoms with Gasteiger partial charge < -0.3 is 9.88 Å². The van der Waals surface area contributed by atoms with Crippen LogP contribution in [0.1, 0.15) is 16.7 Å². The first-order chi connectivity index (χ1) is 13.3. The molecule has 0 fully saturated rings. The first kappa shape index (κ1) is 18.5. The molecule has 1 aliphatic heterocycles. The zero-order valence-electron chi connectivity index (χ0n) is 16.2. The number of hydrogen-bond donors (Lipinski definition) is 1. The van der Waals surface area contributed by atoms with Crippen molar-refractivity contribution in [3.63, 3.8) is 0 Å². The molecule has 0 spiro atoms. The molecular weight excluding hydrogens is 365 g/mol. The standard InChI is InChI=1S/C24H22NO2P/c1-16-9-10-17(14-23(16)28(2,3)27)13-21-20-12-11-19(15-22(20)25-24(21)26)18-7-5-4-6-8-18/h4-15H,1-3H3,(H,25,26)/b21-13-. The smallest absolute Gasteiger partial charge is 0.256 e. The number of anilines is 1. The molecule has 1 heterocycles. The van der Waals surface area contributed by atoms with Crippen molar-refractivity contribution in [3.05, 3.63) is 83.4 Å². The van der Waals surface area contributed by atoms with Gasteiger partial charge in [-0.1, -0.05) is 54.6 Å². The third kappa shape index (κ3) is 3.46. The highest BCUT2D eigenvalue weighted by Crippen LogP contribution is 2.38. The van der Waals surface area contributed by atoms with Gasteiger partial charge in [-0.05, 0) is 60.7 Å². The second-order valence-corrected chi connectivity index (χ2v) is 10.7. The SMILES string of the molecule is Cc1ccc(/C=C2\C(=O)Nc3cc(-c4ccccc4)ccc32)cc1P(C)(C)=O. The van der Waals surface area contributed by atoms with Crippen LogP contribution in [-0.2, 0) is 9.36 Å². The molecular formula is C24H22NO2P. The van der Waals surface area contributed by atoms with Gasteiger partial charge in [-0.25, -0.2) is 0 Å². The van der Waals surface area contributed by atoms with Crippen molar-refractivity contribution in [1.29, 1.82) is 0 Å². The second-order valence-electron chi connectivity index (χ2n) is 7.54. The van der Waals surface area contributed by atoms with Crippen LogP contribution in [0.2, 0.25) is 0 Å². The summed E-state index contributed by atoms with van der Waals surface area (Å²) in [5.41, 5.74) is 6.42. The van der Waals surface area contributed by atoms with E-state index in [-0.39, 0.29) is 5.91 Å². The van der Waals surface area contributed by atoms with Crippen LogP contribution in [0.25, 0.3) is 22.8 Å². The van der Waals surface area contributed by atoms with E-state index in [1.807, 2.05) is 67.6 Å². The van der Waals surface area contributed by atoms with Crippen LogP contribution in [0.15, 0.2) is 66.7 Å². The lowest BCUT2D eigenvalue weighted by atomic mass is 9.99. The fourth-order valence-corrected chi connectivity index (χ4v) is 4.99. The molecule has 3 aromatic rings. The van der Waals surface area contributed by atoms with Crippen LogP contribution in [-0.4, -0.2) is 19.2 Å². The Morgan fingerprint density at radius 2 is 1.64 bits per heavy atom. The maximum Gasteiger partial charge on any atom is 0.256 e. The minimum Gasteiger partial charge on any atom is -0.321 e. The van der Waals surface area contributed by atoms with E-state index in [9.17, 15) is 9.36 Å². The Kier molecular flexibility index (Phi) is 4.56. The Morgan fingerprint density at radius 3 is 2.36 bits per heavy atom. The van der Waals surface area contributed by atoms with Gasteiger partial charge in [-0.2, -0.15) is 0 Å². The van der Waals surface area contributed by atoms with Gasteiger partial charge in [0, 0.05) is 22.1 Å². The van der Waals surface area contributed by atoms with Gasteiger partial charge in [0.2, 0.25) is 0 Å². The van der Waals surface area contributed by atoms with Crippen LogP contribution in [0.3, 0.4) is 0 Å². The van der Waals surface area contributed by atoms with E-state index in [1.54, 1.807) is 13.3 Å². The lowest BCUT2D eigenvalue weighted by Crippen LogP contribution is -2.08. The van der Waals surface area contributed by atoms with Gasteiger partial charge in [0.15, 0.2) is 0 Å². The predicted molar refractivity (Wildman–Crippen MR) is 119 cm³/mol. The number of aryl methyl sites for hydroxylation is 1. The summed E-state index contributed by atoms with van der Waals surface area (Å²) in [4.78, 5) is 12.6. The molecule has 0 radical (unpaired) electrons. The highest BCUT2D eigenvalue weighted by Gasteiger charge is 2.24. The molecule has 0 unspecified atom stereocenters. The molecule has 1 amide bonds. The number of hydrogen-bond acceptors (Lipinski definition) is 2. The summed E-state index contributed by atoms with van der Waals surface area (Å²) in [6, 6.07) is 22.0. The molecule has 0 aliphatic carbocycles. The van der Waals surface area contributed by atoms with E-state index in [1.165, 1.54) is 0 Å². The van der Waals surface area contributed by atoms with Gasteiger partial charge in [0.1, 0.15) is 7.14 Å². The minimum atomic E-state index is -2.38. The van der Waals surface area contributed by atoms with Crippen LogP contribution in [0.4, 0.5) is 5.69 Å². The van der Waals surface area contributed by atoms with Crippen molar-refractivity contribution in [2.45, 2.75) is 6.92 Å². The molecule has 1 N–H and O–H groups in total. The lowest BCUT2D eigenvalue weighted by Gasteiger charge is -2.11. The summed E-state index contributed by atoms with van der Waals surface area (Å²) in [7, 11) is -2.38. The second kappa shape index (κ2) is 6.92. The average molecular weight is 387 g/mol. The monoisotopic (exact) mass is 387 g/mol. The van der Waals surface area contributed by atoms with Crippen LogP contribution in [0.5, 0.6) is 0 Å². The van der Waals surface area contributed by atoms with Gasteiger partial charge in [-0.3, -0.25) is 4.79 Å². The number of benzene rings is 3. The zero-order chi connectivity index (χ0) is 19.9. The van der Waals surface area contributed by atoms with E-state index < -0.39 is 7.14 Å². The van der Waals surface area contributed by atoms with Crippen molar-refractivity contribution in [2.24, 2.45) is 0 Å². The number of fused-ring (bicyclic) bond motifs is 1. The molecule has 3 aromatic carbocycles. The van der Waals surface area contributed by atoms with E-state index in [2.05, 4.69) is 17.4 Å². The van der Waals surface area contributed by atoms with Crippen LogP contribution in [0, 0.1) is 6.92 Å². The Labute approximate surface area is 165 Å². The van der Waals surface area contributed by atoms with Crippen molar-refractivity contribution in [3.8, 4) is 11.1 Å². The molecule has 0 aromatic heterocycles. The minimum absolute atomic E-state index is 0.112. The van der Waals surface area contributed by atoms with Crippen molar-refractivity contribution in [2.75, 3.05) is 18.6 Å². The van der Waals surface area contributed by atoms with Crippen molar-refractivity contribution >= 4 is 35.7 Å². The first-order valence-electron chi connectivity index (χ1n) is 9.22. The number of rotatable bonds is 3. The largest absolute Gasteiger partial charge is 0.321 e. The topological polar surface area (TPSA) is 46.2 Å². The zero-order valence-corrected chi connectivity index (χ0v) is 17.1. The normalized spacial score (nSPS) is 14.8. The fraction of sp³-hybridized carbons (Fsp3) is 0.125. The van der Waals surface area contributed by atoms with E-state index in [0.29, 0.717) is 5.57 Å². The summed E-state index contributed by atoms with van der Waals surface area (Å²) in [6.07, 6.45) is 1.88. The predicted octanol–water partition coefficient (Wildman–Crippen LogP) is 5.40. The third-order valence-electron chi connectivity index (χ3n) is 5.03. The molecule has 0 saturated heterocycles. The number of amides is 1. The van der Waals surface area contributed by atoms with E-state index in [4.69, 9.17) is 0 Å². The molecule has 4 rings (SSSR count). The summed E-state index contributed by atoms with van der Waals surface area (Å²) < 4.78 is 12.6. The molecule has 0 saturated carbocycles. The highest BCUT2D eigenvalue weighted by molar-refractivity contribution is 7.70. The van der Waals surface area contributed by atoms with Crippen LogP contribution < -0.4 is 10.6 Å². The number of carbonyl (C=O) groups is 1. The molecule has 1 aliphatic rings. The lowest BCUT2D eigenvalue weighted by molar-refractivity contribution is -0.110. The van der Waals surface area contributed by atoms with E-state index in [0.717, 1.165) is 38.8 Å². The molecule has 0 atom stereocenters. The summed E-state index contributed by atoms with van der Waals surface area (Å²) in [6.45, 7) is 5.51. The number of carbonyl (C=O) groups excluding carboxylic acids is 1.